The number of pyridine rings is 1. The Bertz CT molecular complexity index is 683. The van der Waals surface area contributed by atoms with Crippen molar-refractivity contribution in [3.05, 3.63) is 53.2 Å². The van der Waals surface area contributed by atoms with Gasteiger partial charge in [-0.05, 0) is 42.8 Å². The SMILES string of the molecule is Cc1cc(O)ccc1C(=O)Nc1cccc(C(=O)O)n1. The Hall–Kier alpha value is -2.89. The molecule has 6 heteroatoms. The molecule has 102 valence electrons. The molecule has 0 aliphatic rings. The van der Waals surface area contributed by atoms with E-state index in [4.69, 9.17) is 5.11 Å². The van der Waals surface area contributed by atoms with E-state index in [1.807, 2.05) is 0 Å². The number of carbonyl (C=O) groups excluding carboxylic acids is 1. The Balaban J connectivity index is 2.23. The molecule has 0 saturated heterocycles. The minimum atomic E-state index is -1.16. The van der Waals surface area contributed by atoms with Gasteiger partial charge >= 0.3 is 5.97 Å². The number of carbonyl (C=O) groups is 2. The highest BCUT2D eigenvalue weighted by atomic mass is 16.4. The van der Waals surface area contributed by atoms with Gasteiger partial charge in [-0.25, -0.2) is 9.78 Å². The number of nitrogens with one attached hydrogen (secondary N) is 1. The quantitative estimate of drug-likeness (QED) is 0.794. The van der Waals surface area contributed by atoms with Crippen molar-refractivity contribution in [1.29, 1.82) is 0 Å². The van der Waals surface area contributed by atoms with E-state index in [1.54, 1.807) is 6.92 Å². The number of phenolic OH excluding ortho intramolecular Hbond substituents is 1. The Morgan fingerprint density at radius 2 is 1.95 bits per heavy atom. The smallest absolute Gasteiger partial charge is 0.354 e. The summed E-state index contributed by atoms with van der Waals surface area (Å²) in [7, 11) is 0. The summed E-state index contributed by atoms with van der Waals surface area (Å²) in [6, 6.07) is 8.69. The summed E-state index contributed by atoms with van der Waals surface area (Å²) in [4.78, 5) is 26.6. The molecular weight excluding hydrogens is 260 g/mol. The Morgan fingerprint density at radius 1 is 1.20 bits per heavy atom. The molecule has 1 aromatic carbocycles. The molecule has 0 aliphatic heterocycles. The molecule has 1 aromatic heterocycles. The highest BCUT2D eigenvalue weighted by Crippen LogP contribution is 2.17. The van der Waals surface area contributed by atoms with Gasteiger partial charge in [-0.1, -0.05) is 6.07 Å². The minimum Gasteiger partial charge on any atom is -0.508 e. The number of rotatable bonds is 3. The third kappa shape index (κ3) is 2.92. The number of hydrogen-bond acceptors (Lipinski definition) is 4. The van der Waals surface area contributed by atoms with Crippen LogP contribution in [0.2, 0.25) is 0 Å². The maximum atomic E-state index is 12.0. The number of aromatic nitrogens is 1. The van der Waals surface area contributed by atoms with Gasteiger partial charge in [0.25, 0.3) is 5.91 Å². The molecule has 20 heavy (non-hydrogen) atoms. The van der Waals surface area contributed by atoms with Gasteiger partial charge in [0.1, 0.15) is 11.6 Å². The number of anilines is 1. The van der Waals surface area contributed by atoms with Crippen molar-refractivity contribution < 1.29 is 19.8 Å². The lowest BCUT2D eigenvalue weighted by Crippen LogP contribution is -2.15. The van der Waals surface area contributed by atoms with Gasteiger partial charge in [-0.2, -0.15) is 0 Å². The summed E-state index contributed by atoms with van der Waals surface area (Å²) >= 11 is 0. The number of amides is 1. The van der Waals surface area contributed by atoms with E-state index in [-0.39, 0.29) is 17.3 Å². The van der Waals surface area contributed by atoms with Crippen molar-refractivity contribution in [2.24, 2.45) is 0 Å². The van der Waals surface area contributed by atoms with Gasteiger partial charge in [-0.15, -0.1) is 0 Å². The standard InChI is InChI=1S/C14H12N2O4/c1-8-7-9(17)5-6-10(8)13(18)16-12-4-2-3-11(15-12)14(19)20/h2-7,17H,1H3,(H,19,20)(H,15,16,18). The number of aromatic carboxylic acids is 1. The van der Waals surface area contributed by atoms with Crippen LogP contribution >= 0.6 is 0 Å². The first-order chi connectivity index (χ1) is 9.47. The zero-order valence-electron chi connectivity index (χ0n) is 10.6. The number of aromatic hydroxyl groups is 1. The fourth-order valence-corrected chi connectivity index (χ4v) is 1.71. The molecule has 0 unspecified atom stereocenters. The van der Waals surface area contributed by atoms with Gasteiger partial charge in [0.2, 0.25) is 0 Å². The summed E-state index contributed by atoms with van der Waals surface area (Å²) in [5, 5.41) is 20.6. The first-order valence-electron chi connectivity index (χ1n) is 5.78. The van der Waals surface area contributed by atoms with Crippen molar-refractivity contribution in [3.8, 4) is 5.75 Å². The molecule has 0 bridgehead atoms. The van der Waals surface area contributed by atoms with Gasteiger partial charge in [0, 0.05) is 5.56 Å². The molecule has 2 rings (SSSR count). The number of phenols is 1. The lowest BCUT2D eigenvalue weighted by atomic mass is 10.1. The molecular formula is C14H12N2O4. The average Bonchev–Trinajstić information content (AvgIpc) is 2.38. The van der Waals surface area contributed by atoms with Crippen LogP contribution < -0.4 is 5.32 Å². The first-order valence-corrected chi connectivity index (χ1v) is 5.78. The summed E-state index contributed by atoms with van der Waals surface area (Å²) in [5.74, 6) is -1.35. The Kier molecular flexibility index (Phi) is 3.65. The minimum absolute atomic E-state index is 0.0741. The lowest BCUT2D eigenvalue weighted by molar-refractivity contribution is 0.0690. The van der Waals surface area contributed by atoms with Gasteiger partial charge in [0.05, 0.1) is 0 Å². The Labute approximate surface area is 114 Å². The molecule has 0 aliphatic carbocycles. The predicted molar refractivity (Wildman–Crippen MR) is 72.0 cm³/mol. The van der Waals surface area contributed by atoms with E-state index in [2.05, 4.69) is 10.3 Å². The normalized spacial score (nSPS) is 10.1. The van der Waals surface area contributed by atoms with Crippen molar-refractivity contribution in [2.45, 2.75) is 6.92 Å². The largest absolute Gasteiger partial charge is 0.508 e. The second-order valence-corrected chi connectivity index (χ2v) is 4.17. The van der Waals surface area contributed by atoms with Crippen LogP contribution in [0.4, 0.5) is 5.82 Å². The molecule has 1 amide bonds. The van der Waals surface area contributed by atoms with E-state index in [0.29, 0.717) is 11.1 Å². The summed E-state index contributed by atoms with van der Waals surface area (Å²) in [6.07, 6.45) is 0. The second kappa shape index (κ2) is 5.40. The molecule has 0 radical (unpaired) electrons. The maximum absolute atomic E-state index is 12.0. The predicted octanol–water partition coefficient (Wildman–Crippen LogP) is 2.05. The van der Waals surface area contributed by atoms with E-state index in [9.17, 15) is 14.7 Å². The van der Waals surface area contributed by atoms with Crippen LogP contribution in [0.15, 0.2) is 36.4 Å². The van der Waals surface area contributed by atoms with E-state index >= 15 is 0 Å². The van der Waals surface area contributed by atoms with Crippen molar-refractivity contribution >= 4 is 17.7 Å². The van der Waals surface area contributed by atoms with Gasteiger partial charge < -0.3 is 15.5 Å². The molecule has 6 nitrogen and oxygen atoms in total. The zero-order chi connectivity index (χ0) is 14.7. The van der Waals surface area contributed by atoms with Crippen molar-refractivity contribution in [3.63, 3.8) is 0 Å². The van der Waals surface area contributed by atoms with Crippen molar-refractivity contribution in [2.75, 3.05) is 5.32 Å². The summed E-state index contributed by atoms with van der Waals surface area (Å²) in [6.45, 7) is 1.69. The maximum Gasteiger partial charge on any atom is 0.354 e. The van der Waals surface area contributed by atoms with Crippen LogP contribution in [-0.2, 0) is 0 Å². The summed E-state index contributed by atoms with van der Waals surface area (Å²) in [5.41, 5.74) is 0.840. The highest BCUT2D eigenvalue weighted by Gasteiger charge is 2.11. The number of nitrogens with zero attached hydrogens (tertiary/aromatic N) is 1. The fraction of sp³-hybridized carbons (Fsp3) is 0.0714. The number of carboxylic acid groups (broad SMARTS) is 1. The van der Waals surface area contributed by atoms with Crippen LogP contribution in [0.5, 0.6) is 5.75 Å². The van der Waals surface area contributed by atoms with E-state index in [1.165, 1.54) is 36.4 Å². The third-order valence-corrected chi connectivity index (χ3v) is 2.66. The van der Waals surface area contributed by atoms with Crippen molar-refractivity contribution in [1.82, 2.24) is 4.98 Å². The van der Waals surface area contributed by atoms with Crippen LogP contribution in [0, 0.1) is 6.92 Å². The molecule has 0 atom stereocenters. The Morgan fingerprint density at radius 3 is 2.60 bits per heavy atom. The van der Waals surface area contributed by atoms with E-state index < -0.39 is 11.9 Å². The second-order valence-electron chi connectivity index (χ2n) is 4.17. The summed E-state index contributed by atoms with van der Waals surface area (Å²) < 4.78 is 0. The molecule has 0 spiro atoms. The molecule has 0 saturated carbocycles. The van der Waals surface area contributed by atoms with Gasteiger partial charge in [0.15, 0.2) is 5.69 Å². The highest BCUT2D eigenvalue weighted by molar-refractivity contribution is 6.05. The molecule has 2 aromatic rings. The zero-order valence-corrected chi connectivity index (χ0v) is 10.6. The molecule has 1 heterocycles. The topological polar surface area (TPSA) is 99.5 Å². The average molecular weight is 272 g/mol. The third-order valence-electron chi connectivity index (χ3n) is 2.66. The van der Waals surface area contributed by atoms with Crippen LogP contribution in [0.25, 0.3) is 0 Å². The lowest BCUT2D eigenvalue weighted by Gasteiger charge is -2.07. The van der Waals surface area contributed by atoms with Crippen LogP contribution in [0.3, 0.4) is 0 Å². The monoisotopic (exact) mass is 272 g/mol. The number of hydrogen-bond donors (Lipinski definition) is 3. The van der Waals surface area contributed by atoms with Crippen LogP contribution in [-0.4, -0.2) is 27.1 Å². The number of benzene rings is 1. The first kappa shape index (κ1) is 13.5. The number of carboxylic acids is 1. The molecule has 0 fully saturated rings. The van der Waals surface area contributed by atoms with Gasteiger partial charge in [-0.3, -0.25) is 4.79 Å². The fourth-order valence-electron chi connectivity index (χ4n) is 1.71. The van der Waals surface area contributed by atoms with Crippen LogP contribution in [0.1, 0.15) is 26.4 Å². The number of aryl methyl sites for hydroxylation is 1. The van der Waals surface area contributed by atoms with E-state index in [0.717, 1.165) is 0 Å². The molecule has 3 N–H and O–H groups in total.